The van der Waals surface area contributed by atoms with Gasteiger partial charge in [0.2, 0.25) is 17.7 Å². The van der Waals surface area contributed by atoms with Gasteiger partial charge < -0.3 is 29.7 Å². The number of rotatable bonds is 16. The molecule has 10 nitrogen and oxygen atoms in total. The zero-order valence-corrected chi connectivity index (χ0v) is 26.9. The molecule has 45 heavy (non-hydrogen) atoms. The van der Waals surface area contributed by atoms with E-state index in [2.05, 4.69) is 18.5 Å². The van der Waals surface area contributed by atoms with Gasteiger partial charge in [-0.05, 0) is 64.9 Å². The molecule has 0 unspecified atom stereocenters. The molecule has 2 N–H and O–H groups in total. The summed E-state index contributed by atoms with van der Waals surface area (Å²) in [6, 6.07) is 7.76. The monoisotopic (exact) mass is 623 g/mol. The summed E-state index contributed by atoms with van der Waals surface area (Å²) in [6.45, 7) is 14.0. The van der Waals surface area contributed by atoms with Crippen LogP contribution in [0.4, 0.5) is 0 Å². The van der Waals surface area contributed by atoms with Gasteiger partial charge >= 0.3 is 5.97 Å². The second kappa shape index (κ2) is 14.7. The van der Waals surface area contributed by atoms with Gasteiger partial charge in [-0.25, -0.2) is 0 Å². The number of likely N-dealkylation sites (tertiary alicyclic amines) is 1. The lowest BCUT2D eigenvalue weighted by atomic mass is 9.70. The summed E-state index contributed by atoms with van der Waals surface area (Å²) < 4.78 is 12.1. The van der Waals surface area contributed by atoms with Crippen molar-refractivity contribution in [1.82, 2.24) is 15.1 Å². The number of nitrogens with zero attached hydrogens (tertiary/aromatic N) is 2. The van der Waals surface area contributed by atoms with Crippen molar-refractivity contribution >= 4 is 23.7 Å². The molecule has 0 saturated carbocycles. The normalized spacial score (nSPS) is 25.9. The number of benzene rings is 1. The lowest BCUT2D eigenvalue weighted by Crippen LogP contribution is -2.60. The highest BCUT2D eigenvalue weighted by molar-refractivity contribution is 5.99. The lowest BCUT2D eigenvalue weighted by Gasteiger charge is -2.42. The number of carbonyl (C=O) groups excluding carboxylic acids is 4. The molecule has 3 saturated heterocycles. The third kappa shape index (κ3) is 7.17. The summed E-state index contributed by atoms with van der Waals surface area (Å²) in [7, 11) is 0. The van der Waals surface area contributed by atoms with Gasteiger partial charge in [0.15, 0.2) is 0 Å². The molecular weight excluding hydrogens is 574 g/mol. The van der Waals surface area contributed by atoms with Crippen LogP contribution in [-0.4, -0.2) is 88.2 Å². The fourth-order valence-corrected chi connectivity index (χ4v) is 7.16. The van der Waals surface area contributed by atoms with Crippen LogP contribution in [0.2, 0.25) is 0 Å². The number of amides is 3. The van der Waals surface area contributed by atoms with Gasteiger partial charge in [0, 0.05) is 31.7 Å². The number of hydrogen-bond acceptors (Lipinski definition) is 7. The molecule has 0 aliphatic carbocycles. The maximum Gasteiger partial charge on any atom is 0.306 e. The predicted octanol–water partition coefficient (Wildman–Crippen LogP) is 3.70. The molecule has 1 aromatic carbocycles. The van der Waals surface area contributed by atoms with E-state index in [-0.39, 0.29) is 43.3 Å². The Morgan fingerprint density at radius 3 is 2.56 bits per heavy atom. The van der Waals surface area contributed by atoms with Crippen LogP contribution in [0, 0.1) is 11.8 Å². The smallest absolute Gasteiger partial charge is 0.306 e. The van der Waals surface area contributed by atoms with E-state index in [9.17, 15) is 24.3 Å². The summed E-state index contributed by atoms with van der Waals surface area (Å²) in [5, 5.41) is 12.4. The fraction of sp³-hybridized carbons (Fsp3) is 0.600. The van der Waals surface area contributed by atoms with Gasteiger partial charge in [0.25, 0.3) is 0 Å². The van der Waals surface area contributed by atoms with Crippen molar-refractivity contribution in [3.05, 3.63) is 61.2 Å². The van der Waals surface area contributed by atoms with E-state index in [1.165, 1.54) is 0 Å². The summed E-state index contributed by atoms with van der Waals surface area (Å²) in [6.07, 6.45) is 6.45. The van der Waals surface area contributed by atoms with E-state index in [1.807, 2.05) is 51.1 Å². The molecule has 6 atom stereocenters. The first kappa shape index (κ1) is 34.4. The van der Waals surface area contributed by atoms with Gasteiger partial charge in [-0.15, -0.1) is 13.2 Å². The predicted molar refractivity (Wildman–Crippen MR) is 170 cm³/mol. The van der Waals surface area contributed by atoms with Crippen LogP contribution >= 0.6 is 0 Å². The Labute approximate surface area is 266 Å². The van der Waals surface area contributed by atoms with E-state index < -0.39 is 41.2 Å². The second-order valence-corrected chi connectivity index (χ2v) is 13.3. The van der Waals surface area contributed by atoms with Gasteiger partial charge in [0.1, 0.15) is 18.2 Å². The van der Waals surface area contributed by atoms with Crippen LogP contribution in [0.5, 0.6) is 0 Å². The Kier molecular flexibility index (Phi) is 11.3. The van der Waals surface area contributed by atoms with E-state index in [1.54, 1.807) is 22.0 Å². The Morgan fingerprint density at radius 1 is 1.18 bits per heavy atom. The van der Waals surface area contributed by atoms with E-state index >= 15 is 0 Å². The second-order valence-electron chi connectivity index (χ2n) is 13.3. The Bertz CT molecular complexity index is 1250. The topological polar surface area (TPSA) is 125 Å². The molecule has 3 aliphatic heterocycles. The standard InChI is InChI=1S/C35H49N3O7/c1-6-8-17-27(40)44-23-25(24-15-11-9-12-16-24)36-31(41)28-26-18-19-35(45-26)29(28)32(42)37(21-13-10-14-22-39)30(35)33(43)38(20-7-2)34(3,4)5/h6-7,9,11-12,15-16,25-26,28-30,39H,1-2,8,10,13-14,17-23H2,3-5H3,(H,36,41)/t25-,26-,28+,29+,30-,35+/m0/s1. The summed E-state index contributed by atoms with van der Waals surface area (Å²) in [5.74, 6) is -2.83. The molecule has 2 bridgehead atoms. The molecule has 3 amide bonds. The molecule has 0 aromatic heterocycles. The minimum absolute atomic E-state index is 0.0548. The van der Waals surface area contributed by atoms with Crippen LogP contribution in [-0.2, 0) is 28.7 Å². The van der Waals surface area contributed by atoms with Crippen LogP contribution in [0.15, 0.2) is 55.6 Å². The maximum absolute atomic E-state index is 14.4. The number of esters is 1. The van der Waals surface area contributed by atoms with Crippen LogP contribution in [0.3, 0.4) is 0 Å². The van der Waals surface area contributed by atoms with Crippen molar-refractivity contribution in [3.63, 3.8) is 0 Å². The van der Waals surface area contributed by atoms with Crippen molar-refractivity contribution in [3.8, 4) is 0 Å². The number of unbranched alkanes of at least 4 members (excludes halogenated alkanes) is 2. The molecule has 4 rings (SSSR count). The Balaban J connectivity index is 1.63. The SMILES string of the molecule is C=CCCC(=O)OC[C@H](NC(=O)[C@@H]1[C@@H]2CC[C@]3(O2)[C@H](C(=O)N(CC=C)C(C)(C)C)N(CCCCCO)C(=O)[C@@H]13)c1ccccc1. The number of nitrogens with one attached hydrogen (secondary N) is 1. The zero-order valence-electron chi connectivity index (χ0n) is 26.9. The molecular formula is C35H49N3O7. The largest absolute Gasteiger partial charge is 0.463 e. The van der Waals surface area contributed by atoms with Crippen molar-refractivity contribution in [2.75, 3.05) is 26.3 Å². The lowest BCUT2D eigenvalue weighted by molar-refractivity contribution is -0.151. The van der Waals surface area contributed by atoms with Crippen LogP contribution in [0.25, 0.3) is 0 Å². The average Bonchev–Trinajstić information content (AvgIpc) is 3.66. The van der Waals surface area contributed by atoms with Gasteiger partial charge in [0.05, 0.1) is 24.0 Å². The highest BCUT2D eigenvalue weighted by atomic mass is 16.5. The first-order valence-electron chi connectivity index (χ1n) is 16.1. The Morgan fingerprint density at radius 2 is 1.91 bits per heavy atom. The number of allylic oxidation sites excluding steroid dienone is 1. The first-order valence-corrected chi connectivity index (χ1v) is 16.1. The molecule has 3 heterocycles. The fourth-order valence-electron chi connectivity index (χ4n) is 7.16. The summed E-state index contributed by atoms with van der Waals surface area (Å²) in [4.78, 5) is 58.5. The number of ether oxygens (including phenoxy) is 2. The zero-order chi connectivity index (χ0) is 32.8. The van der Waals surface area contributed by atoms with Gasteiger partial charge in [-0.1, -0.05) is 42.5 Å². The number of aliphatic hydroxyl groups excluding tert-OH is 1. The number of hydrogen-bond donors (Lipinski definition) is 2. The van der Waals surface area contributed by atoms with Crippen molar-refractivity contribution < 1.29 is 33.8 Å². The molecule has 246 valence electrons. The van der Waals surface area contributed by atoms with Crippen molar-refractivity contribution in [1.29, 1.82) is 0 Å². The molecule has 1 aromatic rings. The molecule has 0 radical (unpaired) electrons. The average molecular weight is 624 g/mol. The van der Waals surface area contributed by atoms with Crippen LogP contribution < -0.4 is 5.32 Å². The maximum atomic E-state index is 14.4. The van der Waals surface area contributed by atoms with E-state index in [4.69, 9.17) is 9.47 Å². The minimum Gasteiger partial charge on any atom is -0.463 e. The third-order valence-corrected chi connectivity index (χ3v) is 9.26. The van der Waals surface area contributed by atoms with E-state index in [0.717, 1.165) is 5.56 Å². The first-order chi connectivity index (χ1) is 21.5. The molecule has 10 heteroatoms. The van der Waals surface area contributed by atoms with Crippen LogP contribution in [0.1, 0.15) is 77.3 Å². The van der Waals surface area contributed by atoms with Gasteiger partial charge in [-0.2, -0.15) is 0 Å². The minimum atomic E-state index is -1.12. The third-order valence-electron chi connectivity index (χ3n) is 9.26. The molecule has 1 spiro atoms. The summed E-state index contributed by atoms with van der Waals surface area (Å²) >= 11 is 0. The van der Waals surface area contributed by atoms with Gasteiger partial charge in [-0.3, -0.25) is 19.2 Å². The number of carbonyl (C=O) groups is 4. The Hall–Kier alpha value is -3.50. The summed E-state index contributed by atoms with van der Waals surface area (Å²) in [5.41, 5.74) is -0.893. The highest BCUT2D eigenvalue weighted by Crippen LogP contribution is 2.58. The quantitative estimate of drug-likeness (QED) is 0.163. The highest BCUT2D eigenvalue weighted by Gasteiger charge is 2.74. The molecule has 3 fully saturated rings. The van der Waals surface area contributed by atoms with E-state index in [0.29, 0.717) is 51.6 Å². The number of fused-ring (bicyclic) bond motifs is 1. The number of aliphatic hydroxyl groups is 1. The van der Waals surface area contributed by atoms with Crippen molar-refractivity contribution in [2.45, 2.75) is 95.0 Å². The molecule has 3 aliphatic rings. The van der Waals surface area contributed by atoms with Crippen molar-refractivity contribution in [2.24, 2.45) is 11.8 Å².